The van der Waals surface area contributed by atoms with Crippen LogP contribution in [0.5, 0.6) is 5.75 Å². The summed E-state index contributed by atoms with van der Waals surface area (Å²) in [5, 5.41) is 0. The van der Waals surface area contributed by atoms with Gasteiger partial charge in [0.25, 0.3) is 6.47 Å². The number of carbonyl (C=O) groups is 1. The highest BCUT2D eigenvalue weighted by Crippen LogP contribution is 2.15. The molecule has 0 aliphatic carbocycles. The van der Waals surface area contributed by atoms with Gasteiger partial charge in [0.1, 0.15) is 5.75 Å². The van der Waals surface area contributed by atoms with E-state index >= 15 is 0 Å². The summed E-state index contributed by atoms with van der Waals surface area (Å²) in [6, 6.07) is 7.84. The molecule has 1 rings (SSSR count). The average Bonchev–Trinajstić information content (AvgIpc) is 2.60. The van der Waals surface area contributed by atoms with Crippen molar-refractivity contribution in [3.63, 3.8) is 0 Å². The molecule has 24 heavy (non-hydrogen) atoms. The van der Waals surface area contributed by atoms with Gasteiger partial charge in [-0.15, -0.1) is 0 Å². The van der Waals surface area contributed by atoms with Crippen molar-refractivity contribution in [2.75, 3.05) is 0 Å². The highest BCUT2D eigenvalue weighted by atomic mass is 16.5. The Morgan fingerprint density at radius 3 is 1.62 bits per heavy atom. The third-order valence-electron chi connectivity index (χ3n) is 4.68. The molecule has 0 fully saturated rings. The number of ether oxygens (including phenoxy) is 1. The lowest BCUT2D eigenvalue weighted by Gasteiger charge is -2.04. The first-order valence-corrected chi connectivity index (χ1v) is 10.1. The second-order valence-corrected chi connectivity index (χ2v) is 6.85. The minimum atomic E-state index is 0.474. The standard InChI is InChI=1S/C22H36O2/c1-2-3-4-5-6-7-8-9-10-11-12-13-14-15-21-16-18-22(19-17-21)24-20-23/h16-20H,2-15H2,1H3. The van der Waals surface area contributed by atoms with E-state index in [0.717, 1.165) is 6.42 Å². The highest BCUT2D eigenvalue weighted by Gasteiger charge is 1.97. The van der Waals surface area contributed by atoms with Crippen LogP contribution in [-0.4, -0.2) is 6.47 Å². The van der Waals surface area contributed by atoms with Crippen molar-refractivity contribution in [3.8, 4) is 5.75 Å². The molecule has 0 saturated carbocycles. The first-order chi connectivity index (χ1) is 11.9. The summed E-state index contributed by atoms with van der Waals surface area (Å²) in [6.07, 6.45) is 19.2. The predicted octanol–water partition coefficient (Wildman–Crippen LogP) is 6.86. The number of carbonyl (C=O) groups excluding carboxylic acids is 1. The van der Waals surface area contributed by atoms with Crippen LogP contribution >= 0.6 is 0 Å². The van der Waals surface area contributed by atoms with E-state index in [0.29, 0.717) is 12.2 Å². The molecule has 0 saturated heterocycles. The summed E-state index contributed by atoms with van der Waals surface area (Å²) in [4.78, 5) is 10.2. The molecule has 0 aromatic heterocycles. The van der Waals surface area contributed by atoms with Gasteiger partial charge in [0, 0.05) is 0 Å². The van der Waals surface area contributed by atoms with Crippen molar-refractivity contribution in [3.05, 3.63) is 29.8 Å². The Morgan fingerprint density at radius 2 is 1.17 bits per heavy atom. The lowest BCUT2D eigenvalue weighted by atomic mass is 10.0. The summed E-state index contributed by atoms with van der Waals surface area (Å²) >= 11 is 0. The van der Waals surface area contributed by atoms with E-state index in [4.69, 9.17) is 4.74 Å². The van der Waals surface area contributed by atoms with Crippen molar-refractivity contribution < 1.29 is 9.53 Å². The molecule has 0 unspecified atom stereocenters. The molecular formula is C22H36O2. The summed E-state index contributed by atoms with van der Waals surface area (Å²) in [7, 11) is 0. The van der Waals surface area contributed by atoms with Crippen LogP contribution in [0.2, 0.25) is 0 Å². The monoisotopic (exact) mass is 332 g/mol. The quantitative estimate of drug-likeness (QED) is 0.244. The molecule has 136 valence electrons. The SMILES string of the molecule is CCCCCCCCCCCCCCCc1ccc(OC=O)cc1. The van der Waals surface area contributed by atoms with Gasteiger partial charge < -0.3 is 4.74 Å². The van der Waals surface area contributed by atoms with E-state index in [2.05, 4.69) is 19.1 Å². The Kier molecular flexibility index (Phi) is 13.2. The molecule has 0 atom stereocenters. The molecule has 0 amide bonds. The van der Waals surface area contributed by atoms with Gasteiger partial charge in [0.05, 0.1) is 0 Å². The zero-order valence-corrected chi connectivity index (χ0v) is 15.6. The number of hydrogen-bond donors (Lipinski definition) is 0. The Labute approximate surface area is 149 Å². The van der Waals surface area contributed by atoms with E-state index in [1.807, 2.05) is 12.1 Å². The van der Waals surface area contributed by atoms with Gasteiger partial charge in [0.15, 0.2) is 0 Å². The normalized spacial score (nSPS) is 10.7. The molecule has 2 nitrogen and oxygen atoms in total. The van der Waals surface area contributed by atoms with E-state index in [1.165, 1.54) is 89.0 Å². The van der Waals surface area contributed by atoms with Crippen LogP contribution in [0.15, 0.2) is 24.3 Å². The highest BCUT2D eigenvalue weighted by molar-refractivity contribution is 5.45. The van der Waals surface area contributed by atoms with Crippen LogP contribution in [0.4, 0.5) is 0 Å². The van der Waals surface area contributed by atoms with Crippen molar-refractivity contribution in [2.45, 2.75) is 96.8 Å². The molecule has 0 N–H and O–H groups in total. The van der Waals surface area contributed by atoms with Crippen molar-refractivity contribution >= 4 is 6.47 Å². The Hall–Kier alpha value is -1.31. The van der Waals surface area contributed by atoms with Gasteiger partial charge in [0.2, 0.25) is 0 Å². The summed E-state index contributed by atoms with van der Waals surface area (Å²) in [6.45, 7) is 2.75. The zero-order valence-electron chi connectivity index (χ0n) is 15.6. The van der Waals surface area contributed by atoms with E-state index in [9.17, 15) is 4.79 Å². The molecule has 0 spiro atoms. The summed E-state index contributed by atoms with van der Waals surface area (Å²) in [5.41, 5.74) is 1.33. The predicted molar refractivity (Wildman–Crippen MR) is 103 cm³/mol. The lowest BCUT2D eigenvalue weighted by Crippen LogP contribution is -1.90. The van der Waals surface area contributed by atoms with Crippen molar-refractivity contribution in [1.29, 1.82) is 0 Å². The van der Waals surface area contributed by atoms with Crippen LogP contribution < -0.4 is 4.74 Å². The number of unbranched alkanes of at least 4 members (excludes halogenated alkanes) is 12. The first kappa shape index (κ1) is 20.7. The molecular weight excluding hydrogens is 296 g/mol. The van der Waals surface area contributed by atoms with Crippen LogP contribution in [0, 0.1) is 0 Å². The fourth-order valence-corrected chi connectivity index (χ4v) is 3.14. The molecule has 2 heteroatoms. The van der Waals surface area contributed by atoms with Gasteiger partial charge in [-0.1, -0.05) is 96.1 Å². The maximum absolute atomic E-state index is 10.2. The maximum atomic E-state index is 10.2. The van der Waals surface area contributed by atoms with Crippen LogP contribution in [0.3, 0.4) is 0 Å². The Morgan fingerprint density at radius 1 is 0.708 bits per heavy atom. The Bertz CT molecular complexity index is 397. The average molecular weight is 333 g/mol. The van der Waals surface area contributed by atoms with Crippen molar-refractivity contribution in [1.82, 2.24) is 0 Å². The van der Waals surface area contributed by atoms with Gasteiger partial charge >= 0.3 is 0 Å². The maximum Gasteiger partial charge on any atom is 0.298 e. The van der Waals surface area contributed by atoms with E-state index in [-0.39, 0.29) is 0 Å². The van der Waals surface area contributed by atoms with E-state index < -0.39 is 0 Å². The van der Waals surface area contributed by atoms with E-state index in [1.54, 1.807) is 0 Å². The first-order valence-electron chi connectivity index (χ1n) is 10.1. The number of hydrogen-bond acceptors (Lipinski definition) is 2. The lowest BCUT2D eigenvalue weighted by molar-refractivity contribution is -0.120. The topological polar surface area (TPSA) is 26.3 Å². The van der Waals surface area contributed by atoms with Gasteiger partial charge in [-0.3, -0.25) is 4.79 Å². The molecule has 0 aliphatic heterocycles. The molecule has 1 aromatic rings. The third-order valence-corrected chi connectivity index (χ3v) is 4.68. The second-order valence-electron chi connectivity index (χ2n) is 6.85. The van der Waals surface area contributed by atoms with Gasteiger partial charge in [-0.25, -0.2) is 0 Å². The van der Waals surface area contributed by atoms with Crippen LogP contribution in [-0.2, 0) is 11.2 Å². The number of aryl methyl sites for hydroxylation is 1. The fourth-order valence-electron chi connectivity index (χ4n) is 3.14. The summed E-state index contributed by atoms with van der Waals surface area (Å²) in [5.74, 6) is 0.624. The van der Waals surface area contributed by atoms with Crippen LogP contribution in [0.25, 0.3) is 0 Å². The Balaban J connectivity index is 1.86. The number of rotatable bonds is 16. The van der Waals surface area contributed by atoms with Crippen molar-refractivity contribution in [2.24, 2.45) is 0 Å². The second kappa shape index (κ2) is 15.2. The fraction of sp³-hybridized carbons (Fsp3) is 0.682. The third kappa shape index (κ3) is 11.3. The molecule has 0 radical (unpaired) electrons. The minimum Gasteiger partial charge on any atom is -0.429 e. The number of benzene rings is 1. The summed E-state index contributed by atoms with van der Waals surface area (Å²) < 4.78 is 4.80. The molecule has 0 heterocycles. The molecule has 0 aliphatic rings. The smallest absolute Gasteiger partial charge is 0.298 e. The van der Waals surface area contributed by atoms with Gasteiger partial charge in [-0.05, 0) is 30.5 Å². The van der Waals surface area contributed by atoms with Crippen LogP contribution in [0.1, 0.15) is 96.0 Å². The largest absolute Gasteiger partial charge is 0.429 e. The minimum absolute atomic E-state index is 0.474. The zero-order chi connectivity index (χ0) is 17.3. The molecule has 0 bridgehead atoms. The van der Waals surface area contributed by atoms with Gasteiger partial charge in [-0.2, -0.15) is 0 Å². The molecule has 1 aromatic carbocycles.